The lowest BCUT2D eigenvalue weighted by molar-refractivity contribution is 0.669. The minimum atomic E-state index is 0.569. The summed E-state index contributed by atoms with van der Waals surface area (Å²) >= 11 is 0. The zero-order valence-electron chi connectivity index (χ0n) is 43.3. The van der Waals surface area contributed by atoms with Crippen molar-refractivity contribution >= 4 is 76.1 Å². The molecule has 0 aliphatic rings. The quantitative estimate of drug-likeness (QED) is 0.142. The molecule has 13 aromatic carbocycles. The molecule has 3 heterocycles. The molecule has 5 heteroatoms. The van der Waals surface area contributed by atoms with E-state index in [1.54, 1.807) is 0 Å². The summed E-state index contributed by atoms with van der Waals surface area (Å²) in [5, 5.41) is 11.9. The Morgan fingerprint density at radius 1 is 0.237 bits per heavy atom. The molecule has 0 spiro atoms. The van der Waals surface area contributed by atoms with Crippen LogP contribution >= 0.6 is 0 Å². The Hall–Kier alpha value is -10.8. The highest BCUT2D eigenvalue weighted by molar-refractivity contribution is 6.26. The monoisotopic (exact) mass is 1020 g/mol. The third-order valence-electron chi connectivity index (χ3n) is 16.0. The van der Waals surface area contributed by atoms with Crippen molar-refractivity contribution in [1.82, 2.24) is 19.5 Å². The smallest absolute Gasteiger partial charge is 0.164 e. The molecule has 0 aliphatic carbocycles. The van der Waals surface area contributed by atoms with Gasteiger partial charge in [-0.05, 0) is 150 Å². The Balaban J connectivity index is 0.820. The summed E-state index contributed by atoms with van der Waals surface area (Å²) in [6.45, 7) is 0. The van der Waals surface area contributed by atoms with Crippen molar-refractivity contribution in [2.45, 2.75) is 0 Å². The summed E-state index contributed by atoms with van der Waals surface area (Å²) in [5.41, 5.74) is 16.7. The lowest BCUT2D eigenvalue weighted by Gasteiger charge is -2.14. The molecule has 0 unspecified atom stereocenters. The standard InChI is InChI=1S/C75H46N4O/c1-4-18-47(19-5-1)54-41-55(48-20-6-2-7-21-48)43-56(42-54)50-24-16-25-53(40-50)74-76-73(49-22-8-3-9-23-49)77-75(78-74)64-31-17-33-71-72(64)67-45-52(35-39-70(67)80-71)51-34-38-69-66(44-51)63-30-14-15-32-68(63)79(69)57-36-37-62-60-28-11-10-26-58(60)59-27-12-13-29-61(59)65(62)46-57/h1-46H. The number of nitrogens with zero attached hydrogens (tertiary/aromatic N) is 4. The molecule has 0 N–H and O–H groups in total. The van der Waals surface area contributed by atoms with E-state index >= 15 is 0 Å². The first kappa shape index (κ1) is 45.4. The third-order valence-corrected chi connectivity index (χ3v) is 16.0. The van der Waals surface area contributed by atoms with Crippen LogP contribution in [-0.2, 0) is 0 Å². The molecule has 0 amide bonds. The van der Waals surface area contributed by atoms with Crippen molar-refractivity contribution in [3.8, 4) is 84.4 Å². The van der Waals surface area contributed by atoms with E-state index in [-0.39, 0.29) is 0 Å². The van der Waals surface area contributed by atoms with E-state index < -0.39 is 0 Å². The van der Waals surface area contributed by atoms with E-state index in [4.69, 9.17) is 19.4 Å². The molecule has 3 aromatic heterocycles. The highest BCUT2D eigenvalue weighted by Crippen LogP contribution is 2.43. The van der Waals surface area contributed by atoms with Gasteiger partial charge in [0.2, 0.25) is 0 Å². The van der Waals surface area contributed by atoms with Gasteiger partial charge >= 0.3 is 0 Å². The molecule has 0 fully saturated rings. The van der Waals surface area contributed by atoms with E-state index in [1.807, 2.05) is 30.3 Å². The van der Waals surface area contributed by atoms with Gasteiger partial charge in [0, 0.05) is 43.9 Å². The molecular formula is C75H46N4O. The van der Waals surface area contributed by atoms with Crippen molar-refractivity contribution in [2.75, 3.05) is 0 Å². The zero-order chi connectivity index (χ0) is 52.7. The second-order valence-electron chi connectivity index (χ2n) is 20.7. The minimum Gasteiger partial charge on any atom is -0.456 e. The fourth-order valence-electron chi connectivity index (χ4n) is 12.2. The number of furan rings is 1. The van der Waals surface area contributed by atoms with Gasteiger partial charge in [0.05, 0.1) is 11.0 Å². The van der Waals surface area contributed by atoms with Crippen LogP contribution in [0.1, 0.15) is 0 Å². The van der Waals surface area contributed by atoms with Gasteiger partial charge in [-0.25, -0.2) is 15.0 Å². The normalized spacial score (nSPS) is 11.8. The van der Waals surface area contributed by atoms with E-state index in [9.17, 15) is 0 Å². The average Bonchev–Trinajstić information content (AvgIpc) is 4.12. The molecule has 0 aliphatic heterocycles. The van der Waals surface area contributed by atoms with Crippen LogP contribution in [0.5, 0.6) is 0 Å². The largest absolute Gasteiger partial charge is 0.456 e. The molecule has 0 bridgehead atoms. The maximum Gasteiger partial charge on any atom is 0.164 e. The Bertz CT molecular complexity index is 5030. The molecule has 16 rings (SSSR count). The van der Waals surface area contributed by atoms with Crippen molar-refractivity contribution in [3.63, 3.8) is 0 Å². The lowest BCUT2D eigenvalue weighted by atomic mass is 9.93. The second kappa shape index (κ2) is 18.5. The number of hydrogen-bond donors (Lipinski definition) is 0. The number of benzene rings is 13. The Morgan fingerprint density at radius 2 is 0.700 bits per heavy atom. The van der Waals surface area contributed by atoms with Gasteiger partial charge in [-0.3, -0.25) is 0 Å². The van der Waals surface area contributed by atoms with Crippen molar-refractivity contribution < 1.29 is 4.42 Å². The first-order valence-electron chi connectivity index (χ1n) is 27.1. The van der Waals surface area contributed by atoms with Crippen LogP contribution in [0.15, 0.2) is 283 Å². The number of rotatable bonds is 8. The molecule has 372 valence electrons. The van der Waals surface area contributed by atoms with E-state index in [2.05, 4.69) is 253 Å². The summed E-state index contributed by atoms with van der Waals surface area (Å²) < 4.78 is 9.09. The number of hydrogen-bond acceptors (Lipinski definition) is 4. The van der Waals surface area contributed by atoms with Gasteiger partial charge in [-0.1, -0.05) is 206 Å². The van der Waals surface area contributed by atoms with Crippen LogP contribution in [0.2, 0.25) is 0 Å². The summed E-state index contributed by atoms with van der Waals surface area (Å²) in [5.74, 6) is 1.75. The molecule has 16 aromatic rings. The van der Waals surface area contributed by atoms with Gasteiger partial charge in [-0.2, -0.15) is 0 Å². The van der Waals surface area contributed by atoms with Gasteiger partial charge in [0.15, 0.2) is 17.5 Å². The molecule has 80 heavy (non-hydrogen) atoms. The average molecular weight is 1020 g/mol. The van der Waals surface area contributed by atoms with Crippen LogP contribution in [0.25, 0.3) is 160 Å². The van der Waals surface area contributed by atoms with E-state index in [0.29, 0.717) is 17.5 Å². The van der Waals surface area contributed by atoms with Gasteiger partial charge < -0.3 is 8.98 Å². The SMILES string of the molecule is c1ccc(-c2cc(-c3ccccc3)cc(-c3cccc(-c4nc(-c5ccccc5)nc(-c5cccc6oc7ccc(-c8ccc9c(c8)c8ccccc8n9-c8ccc9c%10ccccc%10c%10ccccc%10c9c8)cc7c56)n4)c3)c2)cc1. The fraction of sp³-hybridized carbons (Fsp3) is 0. The van der Waals surface area contributed by atoms with E-state index in [1.165, 1.54) is 43.1 Å². The molecule has 0 saturated heterocycles. The topological polar surface area (TPSA) is 56.7 Å². The van der Waals surface area contributed by atoms with Crippen LogP contribution in [0.4, 0.5) is 0 Å². The number of aromatic nitrogens is 4. The lowest BCUT2D eigenvalue weighted by Crippen LogP contribution is -2.00. The predicted molar refractivity (Wildman–Crippen MR) is 332 cm³/mol. The molecule has 5 nitrogen and oxygen atoms in total. The number of para-hydroxylation sites is 1. The summed E-state index contributed by atoms with van der Waals surface area (Å²) in [6, 6.07) is 99.6. The third kappa shape index (κ3) is 7.59. The Labute approximate surface area is 461 Å². The van der Waals surface area contributed by atoms with Crippen molar-refractivity contribution in [1.29, 1.82) is 0 Å². The summed E-state index contributed by atoms with van der Waals surface area (Å²) in [4.78, 5) is 15.8. The van der Waals surface area contributed by atoms with Crippen molar-refractivity contribution in [2.24, 2.45) is 0 Å². The summed E-state index contributed by atoms with van der Waals surface area (Å²) in [7, 11) is 0. The van der Waals surface area contributed by atoms with Crippen LogP contribution in [0.3, 0.4) is 0 Å². The Morgan fingerprint density at radius 3 is 1.38 bits per heavy atom. The fourth-order valence-corrected chi connectivity index (χ4v) is 12.2. The maximum atomic E-state index is 6.67. The highest BCUT2D eigenvalue weighted by Gasteiger charge is 2.21. The predicted octanol–water partition coefficient (Wildman–Crippen LogP) is 20.0. The zero-order valence-corrected chi connectivity index (χ0v) is 43.3. The van der Waals surface area contributed by atoms with Gasteiger partial charge in [-0.15, -0.1) is 0 Å². The van der Waals surface area contributed by atoms with E-state index in [0.717, 1.165) is 99.9 Å². The maximum absolute atomic E-state index is 6.67. The molecule has 0 radical (unpaired) electrons. The minimum absolute atomic E-state index is 0.569. The highest BCUT2D eigenvalue weighted by atomic mass is 16.3. The second-order valence-corrected chi connectivity index (χ2v) is 20.7. The Kier molecular flexibility index (Phi) is 10.5. The molecule has 0 saturated carbocycles. The van der Waals surface area contributed by atoms with Crippen LogP contribution < -0.4 is 0 Å². The van der Waals surface area contributed by atoms with Crippen molar-refractivity contribution in [3.05, 3.63) is 279 Å². The summed E-state index contributed by atoms with van der Waals surface area (Å²) in [6.07, 6.45) is 0. The molecular weight excluding hydrogens is 973 g/mol. The van der Waals surface area contributed by atoms with Gasteiger partial charge in [0.25, 0.3) is 0 Å². The first-order chi connectivity index (χ1) is 39.6. The first-order valence-corrected chi connectivity index (χ1v) is 27.1. The van der Waals surface area contributed by atoms with Gasteiger partial charge in [0.1, 0.15) is 11.2 Å². The van der Waals surface area contributed by atoms with Crippen LogP contribution in [-0.4, -0.2) is 19.5 Å². The number of fused-ring (bicyclic) bond motifs is 12. The van der Waals surface area contributed by atoms with Crippen LogP contribution in [0, 0.1) is 0 Å². The molecule has 0 atom stereocenters.